The van der Waals surface area contributed by atoms with Gasteiger partial charge in [0.1, 0.15) is 13.2 Å². The summed E-state index contributed by atoms with van der Waals surface area (Å²) in [7, 11) is 0. The van der Waals surface area contributed by atoms with Gasteiger partial charge in [0.15, 0.2) is 6.10 Å². The summed E-state index contributed by atoms with van der Waals surface area (Å²) in [5.41, 5.74) is 0. The molecular formula is C72H130O6. The topological polar surface area (TPSA) is 78.9 Å². The van der Waals surface area contributed by atoms with Gasteiger partial charge in [0.25, 0.3) is 0 Å². The number of carbonyl (C=O) groups excluding carboxylic acids is 3. The van der Waals surface area contributed by atoms with Gasteiger partial charge in [-0.05, 0) is 64.2 Å². The smallest absolute Gasteiger partial charge is 0.306 e. The highest BCUT2D eigenvalue weighted by molar-refractivity contribution is 5.71. The van der Waals surface area contributed by atoms with Crippen LogP contribution in [0.5, 0.6) is 0 Å². The van der Waals surface area contributed by atoms with E-state index in [4.69, 9.17) is 14.2 Å². The number of rotatable bonds is 63. The molecule has 0 radical (unpaired) electrons. The lowest BCUT2D eigenvalue weighted by molar-refractivity contribution is -0.167. The molecular weight excluding hydrogens is 961 g/mol. The van der Waals surface area contributed by atoms with Crippen molar-refractivity contribution >= 4 is 17.9 Å². The molecule has 0 heterocycles. The zero-order valence-corrected chi connectivity index (χ0v) is 52.2. The number of allylic oxidation sites excluding steroid dienone is 10. The summed E-state index contributed by atoms with van der Waals surface area (Å²) in [5.74, 6) is -0.887. The maximum absolute atomic E-state index is 12.9. The quantitative estimate of drug-likeness (QED) is 0.0261. The second-order valence-corrected chi connectivity index (χ2v) is 23.1. The molecule has 6 nitrogen and oxygen atoms in total. The fourth-order valence-electron chi connectivity index (χ4n) is 10.2. The number of ether oxygens (including phenoxy) is 3. The molecule has 0 aromatic heterocycles. The number of unbranched alkanes of at least 4 members (excludes halogenated alkanes) is 42. The second-order valence-electron chi connectivity index (χ2n) is 23.1. The zero-order chi connectivity index (χ0) is 56.4. The number of hydrogen-bond acceptors (Lipinski definition) is 6. The van der Waals surface area contributed by atoms with E-state index in [9.17, 15) is 14.4 Å². The summed E-state index contributed by atoms with van der Waals surface area (Å²) in [6.45, 7) is 6.52. The predicted molar refractivity (Wildman–Crippen MR) is 339 cm³/mol. The van der Waals surface area contributed by atoms with Gasteiger partial charge in [-0.25, -0.2) is 0 Å². The van der Waals surface area contributed by atoms with Crippen molar-refractivity contribution in [1.82, 2.24) is 0 Å². The minimum absolute atomic E-state index is 0.0787. The van der Waals surface area contributed by atoms with E-state index in [-0.39, 0.29) is 31.1 Å². The maximum atomic E-state index is 12.9. The monoisotopic (exact) mass is 1090 g/mol. The average Bonchev–Trinajstić information content (AvgIpc) is 3.44. The van der Waals surface area contributed by atoms with Gasteiger partial charge in [0.05, 0.1) is 0 Å². The highest BCUT2D eigenvalue weighted by atomic mass is 16.6. The van der Waals surface area contributed by atoms with Crippen molar-refractivity contribution in [2.75, 3.05) is 13.2 Å². The first-order chi connectivity index (χ1) is 38.5. The Labute approximate surface area is 485 Å². The number of carbonyl (C=O) groups is 3. The Morgan fingerprint density at radius 1 is 0.269 bits per heavy atom. The van der Waals surface area contributed by atoms with Crippen LogP contribution in [-0.2, 0) is 28.6 Å². The molecule has 454 valence electrons. The Kier molecular flexibility index (Phi) is 64.2. The van der Waals surface area contributed by atoms with Gasteiger partial charge in [0.2, 0.25) is 0 Å². The molecule has 78 heavy (non-hydrogen) atoms. The molecule has 6 heteroatoms. The molecule has 0 bridgehead atoms. The average molecular weight is 1090 g/mol. The molecule has 1 unspecified atom stereocenters. The van der Waals surface area contributed by atoms with Crippen molar-refractivity contribution in [1.29, 1.82) is 0 Å². The van der Waals surface area contributed by atoms with Crippen LogP contribution in [0.25, 0.3) is 0 Å². The van der Waals surface area contributed by atoms with E-state index in [1.165, 1.54) is 212 Å². The van der Waals surface area contributed by atoms with Gasteiger partial charge in [0, 0.05) is 19.3 Å². The third-order valence-electron chi connectivity index (χ3n) is 15.3. The molecule has 0 saturated heterocycles. The van der Waals surface area contributed by atoms with Gasteiger partial charge in [-0.15, -0.1) is 0 Å². The Morgan fingerprint density at radius 2 is 0.500 bits per heavy atom. The summed E-state index contributed by atoms with van der Waals surface area (Å²) in [4.78, 5) is 38.1. The minimum Gasteiger partial charge on any atom is -0.462 e. The first-order valence-corrected chi connectivity index (χ1v) is 34.3. The lowest BCUT2D eigenvalue weighted by atomic mass is 10.0. The molecule has 0 aliphatic heterocycles. The van der Waals surface area contributed by atoms with Gasteiger partial charge in [-0.3, -0.25) is 14.4 Å². The van der Waals surface area contributed by atoms with Crippen LogP contribution in [-0.4, -0.2) is 37.2 Å². The molecule has 0 amide bonds. The van der Waals surface area contributed by atoms with Gasteiger partial charge in [-0.2, -0.15) is 0 Å². The van der Waals surface area contributed by atoms with E-state index in [2.05, 4.69) is 81.5 Å². The summed E-state index contributed by atoms with van der Waals surface area (Å²) < 4.78 is 16.8. The fraction of sp³-hybridized carbons (Fsp3) is 0.819. The van der Waals surface area contributed by atoms with E-state index in [1.54, 1.807) is 0 Å². The number of esters is 3. The molecule has 0 aliphatic carbocycles. The van der Waals surface area contributed by atoms with Crippen LogP contribution in [0.1, 0.15) is 361 Å². The third-order valence-corrected chi connectivity index (χ3v) is 15.3. The highest BCUT2D eigenvalue weighted by Gasteiger charge is 2.19. The third kappa shape index (κ3) is 63.9. The summed E-state index contributed by atoms with van der Waals surface area (Å²) >= 11 is 0. The van der Waals surface area contributed by atoms with Crippen molar-refractivity contribution in [2.24, 2.45) is 0 Å². The van der Waals surface area contributed by atoms with Gasteiger partial charge in [-0.1, -0.05) is 338 Å². The van der Waals surface area contributed by atoms with Crippen molar-refractivity contribution in [3.63, 3.8) is 0 Å². The van der Waals surface area contributed by atoms with Crippen LogP contribution < -0.4 is 0 Å². The van der Waals surface area contributed by atoms with Crippen LogP contribution in [0.15, 0.2) is 60.8 Å². The SMILES string of the molecule is CC/C=C\C/C=C\C/C=C\C/C=C\C/C=C\CCCCCCCC(=O)OC(COC(=O)CCCCCCCCC)COC(=O)CCCCCCCCCCCCCCCCCCCCCCCCCCCCCCCCCC. The normalized spacial score (nSPS) is 12.4. The molecule has 0 aromatic carbocycles. The van der Waals surface area contributed by atoms with E-state index in [0.717, 1.165) is 109 Å². The molecule has 0 spiro atoms. The van der Waals surface area contributed by atoms with Crippen molar-refractivity contribution in [3.05, 3.63) is 60.8 Å². The van der Waals surface area contributed by atoms with E-state index in [0.29, 0.717) is 19.3 Å². The Hall–Kier alpha value is -2.89. The van der Waals surface area contributed by atoms with Crippen LogP contribution in [0, 0.1) is 0 Å². The zero-order valence-electron chi connectivity index (χ0n) is 52.2. The maximum Gasteiger partial charge on any atom is 0.306 e. The Bertz CT molecular complexity index is 1390. The van der Waals surface area contributed by atoms with Crippen LogP contribution in [0.3, 0.4) is 0 Å². The summed E-state index contributed by atoms with van der Waals surface area (Å²) in [6.07, 6.45) is 85.8. The standard InChI is InChI=1S/C72H130O6/c1-4-7-10-13-16-18-20-22-24-26-28-30-31-32-33-34-35-36-37-38-39-40-42-43-45-47-49-51-53-56-59-62-65-71(74)77-68-69(67-76-70(73)64-61-58-55-15-12-9-6-3)78-72(75)66-63-60-57-54-52-50-48-46-44-41-29-27-25-23-21-19-17-14-11-8-5-2/h8,11,17,19,23,25,29,41,46,48,69H,4-7,9-10,12-16,18,20-22,24,26-28,30-40,42-45,47,49-68H2,1-3H3/b11-8-,19-17-,25-23-,41-29-,48-46-. The molecule has 0 fully saturated rings. The van der Waals surface area contributed by atoms with Crippen LogP contribution in [0.4, 0.5) is 0 Å². The molecule has 0 saturated carbocycles. The second kappa shape index (κ2) is 66.6. The van der Waals surface area contributed by atoms with E-state index in [1.807, 2.05) is 0 Å². The van der Waals surface area contributed by atoms with Crippen molar-refractivity contribution in [2.45, 2.75) is 367 Å². The van der Waals surface area contributed by atoms with Crippen molar-refractivity contribution < 1.29 is 28.6 Å². The molecule has 0 aromatic rings. The first kappa shape index (κ1) is 75.1. The predicted octanol–water partition coefficient (Wildman–Crippen LogP) is 23.5. The first-order valence-electron chi connectivity index (χ1n) is 34.3. The molecule has 0 rings (SSSR count). The molecule has 0 N–H and O–H groups in total. The van der Waals surface area contributed by atoms with Gasteiger partial charge < -0.3 is 14.2 Å². The Morgan fingerprint density at radius 3 is 0.782 bits per heavy atom. The minimum atomic E-state index is -0.781. The fourth-order valence-corrected chi connectivity index (χ4v) is 10.2. The Balaban J connectivity index is 4.02. The van der Waals surface area contributed by atoms with Gasteiger partial charge >= 0.3 is 17.9 Å². The van der Waals surface area contributed by atoms with E-state index >= 15 is 0 Å². The van der Waals surface area contributed by atoms with Crippen LogP contribution in [0.2, 0.25) is 0 Å². The highest BCUT2D eigenvalue weighted by Crippen LogP contribution is 2.18. The molecule has 1 atom stereocenters. The lowest BCUT2D eigenvalue weighted by Crippen LogP contribution is -2.30. The summed E-state index contributed by atoms with van der Waals surface area (Å²) in [5, 5.41) is 0. The summed E-state index contributed by atoms with van der Waals surface area (Å²) in [6, 6.07) is 0. The van der Waals surface area contributed by atoms with Crippen molar-refractivity contribution in [3.8, 4) is 0 Å². The lowest BCUT2D eigenvalue weighted by Gasteiger charge is -2.18. The largest absolute Gasteiger partial charge is 0.462 e. The number of hydrogen-bond donors (Lipinski definition) is 0. The van der Waals surface area contributed by atoms with Crippen LogP contribution >= 0.6 is 0 Å². The molecule has 0 aliphatic rings. The van der Waals surface area contributed by atoms with E-state index < -0.39 is 6.10 Å².